The smallest absolute Gasteiger partial charge is 0.0992 e. The molecule has 0 saturated heterocycles. The first-order chi connectivity index (χ1) is 7.17. The molecule has 80 valence electrons. The zero-order chi connectivity index (χ0) is 11.3. The van der Waals surface area contributed by atoms with Crippen LogP contribution in [0.15, 0.2) is 18.2 Å². The molecule has 0 amide bonds. The Morgan fingerprint density at radius 1 is 1.53 bits per heavy atom. The Balaban J connectivity index is 2.67. The summed E-state index contributed by atoms with van der Waals surface area (Å²) in [6.45, 7) is 5.02. The predicted octanol–water partition coefficient (Wildman–Crippen LogP) is 3.10. The van der Waals surface area contributed by atoms with Gasteiger partial charge in [0.25, 0.3) is 0 Å². The van der Waals surface area contributed by atoms with E-state index < -0.39 is 0 Å². The molecule has 1 aromatic rings. The first-order valence-corrected chi connectivity index (χ1v) is 5.47. The van der Waals surface area contributed by atoms with Crippen LogP contribution in [0, 0.1) is 11.3 Å². The van der Waals surface area contributed by atoms with Gasteiger partial charge < -0.3 is 5.32 Å². The van der Waals surface area contributed by atoms with E-state index in [2.05, 4.69) is 25.2 Å². The molecule has 0 spiro atoms. The Morgan fingerprint density at radius 2 is 2.27 bits per heavy atom. The molecule has 0 radical (unpaired) electrons. The third kappa shape index (κ3) is 3.54. The number of hydrogen-bond donors (Lipinski definition) is 1. The SMILES string of the molecule is CCC(C)NCc1ccc(C#N)cc1Cl. The highest BCUT2D eigenvalue weighted by Gasteiger charge is 2.03. The Labute approximate surface area is 95.9 Å². The maximum Gasteiger partial charge on any atom is 0.0992 e. The van der Waals surface area contributed by atoms with Crippen molar-refractivity contribution in [3.05, 3.63) is 34.3 Å². The monoisotopic (exact) mass is 222 g/mol. The van der Waals surface area contributed by atoms with Crippen molar-refractivity contribution in [1.29, 1.82) is 5.26 Å². The van der Waals surface area contributed by atoms with Crippen molar-refractivity contribution in [3.63, 3.8) is 0 Å². The summed E-state index contributed by atoms with van der Waals surface area (Å²) in [5, 5.41) is 12.7. The molecule has 0 saturated carbocycles. The average molecular weight is 223 g/mol. The fourth-order valence-corrected chi connectivity index (χ4v) is 1.44. The molecule has 0 aliphatic carbocycles. The summed E-state index contributed by atoms with van der Waals surface area (Å²) in [5.41, 5.74) is 1.64. The molecule has 0 aliphatic heterocycles. The van der Waals surface area contributed by atoms with Gasteiger partial charge in [-0.15, -0.1) is 0 Å². The van der Waals surface area contributed by atoms with Crippen molar-refractivity contribution in [2.24, 2.45) is 0 Å². The maximum absolute atomic E-state index is 8.68. The van der Waals surface area contributed by atoms with E-state index in [0.717, 1.165) is 18.5 Å². The molecule has 1 rings (SSSR count). The van der Waals surface area contributed by atoms with E-state index in [1.165, 1.54) is 0 Å². The quantitative estimate of drug-likeness (QED) is 0.850. The summed E-state index contributed by atoms with van der Waals surface area (Å²) < 4.78 is 0. The van der Waals surface area contributed by atoms with E-state index in [1.807, 2.05) is 6.07 Å². The Bertz CT molecular complexity index is 368. The van der Waals surface area contributed by atoms with Gasteiger partial charge in [0, 0.05) is 17.6 Å². The Hall–Kier alpha value is -1.04. The first kappa shape index (κ1) is 12.0. The largest absolute Gasteiger partial charge is 0.310 e. The van der Waals surface area contributed by atoms with Crippen molar-refractivity contribution in [2.75, 3.05) is 0 Å². The lowest BCUT2D eigenvalue weighted by atomic mass is 10.1. The summed E-state index contributed by atoms with van der Waals surface area (Å²) in [7, 11) is 0. The number of nitrogens with one attached hydrogen (secondary N) is 1. The summed E-state index contributed by atoms with van der Waals surface area (Å²) in [4.78, 5) is 0. The van der Waals surface area contributed by atoms with Crippen LogP contribution in [0.25, 0.3) is 0 Å². The molecule has 3 heteroatoms. The van der Waals surface area contributed by atoms with Crippen LogP contribution in [0.1, 0.15) is 31.4 Å². The first-order valence-electron chi connectivity index (χ1n) is 5.09. The summed E-state index contributed by atoms with van der Waals surface area (Å²) in [5.74, 6) is 0. The van der Waals surface area contributed by atoms with Gasteiger partial charge >= 0.3 is 0 Å². The van der Waals surface area contributed by atoms with Crippen molar-refractivity contribution >= 4 is 11.6 Å². The second-order valence-electron chi connectivity index (χ2n) is 3.61. The summed E-state index contributed by atoms with van der Waals surface area (Å²) in [6, 6.07) is 7.94. The van der Waals surface area contributed by atoms with Crippen molar-refractivity contribution in [2.45, 2.75) is 32.9 Å². The lowest BCUT2D eigenvalue weighted by Crippen LogP contribution is -2.24. The number of hydrogen-bond acceptors (Lipinski definition) is 2. The minimum atomic E-state index is 0.483. The van der Waals surface area contributed by atoms with Gasteiger partial charge in [-0.05, 0) is 31.0 Å². The molecular weight excluding hydrogens is 208 g/mol. The van der Waals surface area contributed by atoms with E-state index in [4.69, 9.17) is 16.9 Å². The third-order valence-electron chi connectivity index (χ3n) is 2.44. The standard InChI is InChI=1S/C12H15ClN2/c1-3-9(2)15-8-11-5-4-10(7-14)6-12(11)13/h4-6,9,15H,3,8H2,1-2H3. The highest BCUT2D eigenvalue weighted by molar-refractivity contribution is 6.31. The Morgan fingerprint density at radius 3 is 2.80 bits per heavy atom. The van der Waals surface area contributed by atoms with E-state index in [1.54, 1.807) is 12.1 Å². The molecule has 1 atom stereocenters. The lowest BCUT2D eigenvalue weighted by molar-refractivity contribution is 0.534. The van der Waals surface area contributed by atoms with Gasteiger partial charge in [-0.25, -0.2) is 0 Å². The van der Waals surface area contributed by atoms with E-state index in [0.29, 0.717) is 16.6 Å². The van der Waals surface area contributed by atoms with Crippen LogP contribution in [0.5, 0.6) is 0 Å². The molecule has 2 nitrogen and oxygen atoms in total. The predicted molar refractivity (Wildman–Crippen MR) is 62.8 cm³/mol. The number of benzene rings is 1. The zero-order valence-corrected chi connectivity index (χ0v) is 9.80. The second kappa shape index (κ2) is 5.75. The van der Waals surface area contributed by atoms with Crippen LogP contribution in [-0.4, -0.2) is 6.04 Å². The van der Waals surface area contributed by atoms with Crippen LogP contribution in [0.4, 0.5) is 0 Å². The zero-order valence-electron chi connectivity index (χ0n) is 9.05. The fraction of sp³-hybridized carbons (Fsp3) is 0.417. The van der Waals surface area contributed by atoms with Gasteiger partial charge in [0.2, 0.25) is 0 Å². The summed E-state index contributed by atoms with van der Waals surface area (Å²) in [6.07, 6.45) is 1.09. The van der Waals surface area contributed by atoms with E-state index in [9.17, 15) is 0 Å². The van der Waals surface area contributed by atoms with Crippen LogP contribution in [0.3, 0.4) is 0 Å². The van der Waals surface area contributed by atoms with Gasteiger partial charge in [-0.3, -0.25) is 0 Å². The average Bonchev–Trinajstić information content (AvgIpc) is 2.26. The van der Waals surface area contributed by atoms with Crippen LogP contribution >= 0.6 is 11.6 Å². The molecule has 0 bridgehead atoms. The van der Waals surface area contributed by atoms with Crippen LogP contribution < -0.4 is 5.32 Å². The Kier molecular flexibility index (Phi) is 4.61. The molecule has 1 N–H and O–H groups in total. The number of nitriles is 1. The van der Waals surface area contributed by atoms with E-state index in [-0.39, 0.29) is 0 Å². The topological polar surface area (TPSA) is 35.8 Å². The minimum Gasteiger partial charge on any atom is -0.310 e. The maximum atomic E-state index is 8.68. The van der Waals surface area contributed by atoms with E-state index >= 15 is 0 Å². The molecule has 15 heavy (non-hydrogen) atoms. The molecule has 0 heterocycles. The molecule has 1 aromatic carbocycles. The normalized spacial score (nSPS) is 12.1. The molecular formula is C12H15ClN2. The lowest BCUT2D eigenvalue weighted by Gasteiger charge is -2.12. The third-order valence-corrected chi connectivity index (χ3v) is 2.79. The molecule has 1 unspecified atom stereocenters. The highest BCUT2D eigenvalue weighted by atomic mass is 35.5. The van der Waals surface area contributed by atoms with Gasteiger partial charge in [0.1, 0.15) is 0 Å². The van der Waals surface area contributed by atoms with Crippen molar-refractivity contribution in [1.82, 2.24) is 5.32 Å². The summed E-state index contributed by atoms with van der Waals surface area (Å²) >= 11 is 6.04. The fourth-order valence-electron chi connectivity index (χ4n) is 1.19. The van der Waals surface area contributed by atoms with Crippen molar-refractivity contribution in [3.8, 4) is 6.07 Å². The number of halogens is 1. The van der Waals surface area contributed by atoms with Gasteiger partial charge in [-0.1, -0.05) is 24.6 Å². The van der Waals surface area contributed by atoms with Gasteiger partial charge in [0.15, 0.2) is 0 Å². The molecule has 0 aliphatic rings. The van der Waals surface area contributed by atoms with Crippen molar-refractivity contribution < 1.29 is 0 Å². The van der Waals surface area contributed by atoms with Crippen LogP contribution in [-0.2, 0) is 6.54 Å². The number of rotatable bonds is 4. The number of nitrogens with zero attached hydrogens (tertiary/aromatic N) is 1. The van der Waals surface area contributed by atoms with Gasteiger partial charge in [0.05, 0.1) is 11.6 Å². The molecule has 0 aromatic heterocycles. The van der Waals surface area contributed by atoms with Crippen LogP contribution in [0.2, 0.25) is 5.02 Å². The highest BCUT2D eigenvalue weighted by Crippen LogP contribution is 2.17. The van der Waals surface area contributed by atoms with Gasteiger partial charge in [-0.2, -0.15) is 5.26 Å². The second-order valence-corrected chi connectivity index (χ2v) is 4.02. The molecule has 0 fully saturated rings. The minimum absolute atomic E-state index is 0.483.